The molecule has 0 saturated heterocycles. The van der Waals surface area contributed by atoms with Crippen molar-refractivity contribution in [1.82, 2.24) is 0 Å². The summed E-state index contributed by atoms with van der Waals surface area (Å²) in [7, 11) is 0. The minimum Gasteiger partial charge on any atom is -0.371 e. The highest BCUT2D eigenvalue weighted by Gasteiger charge is 2.05. The molecule has 0 bridgehead atoms. The van der Waals surface area contributed by atoms with Gasteiger partial charge < -0.3 is 4.74 Å². The molecule has 0 radical (unpaired) electrons. The highest BCUT2D eigenvalue weighted by molar-refractivity contribution is 5.82. The van der Waals surface area contributed by atoms with Gasteiger partial charge in [-0.2, -0.15) is 0 Å². The monoisotopic (exact) mass is 220 g/mol. The van der Waals surface area contributed by atoms with Crippen LogP contribution in [0.15, 0.2) is 24.3 Å². The summed E-state index contributed by atoms with van der Waals surface area (Å²) in [6.07, 6.45) is 1.62. The molecule has 2 nitrogen and oxygen atoms in total. The minimum atomic E-state index is 0.117. The van der Waals surface area contributed by atoms with Gasteiger partial charge in [-0.25, -0.2) is 0 Å². The summed E-state index contributed by atoms with van der Waals surface area (Å²) >= 11 is 0. The third-order valence-corrected chi connectivity index (χ3v) is 2.41. The maximum absolute atomic E-state index is 11.5. The molecule has 16 heavy (non-hydrogen) atoms. The Labute approximate surface area is 97.6 Å². The average molecular weight is 220 g/mol. The lowest BCUT2D eigenvalue weighted by Crippen LogP contribution is -2.15. The summed E-state index contributed by atoms with van der Waals surface area (Å²) in [4.78, 5) is 11.5. The van der Waals surface area contributed by atoms with Crippen molar-refractivity contribution in [3.8, 4) is 0 Å². The first-order valence-electron chi connectivity index (χ1n) is 5.83. The van der Waals surface area contributed by atoms with Gasteiger partial charge in [0, 0.05) is 6.42 Å². The topological polar surface area (TPSA) is 26.3 Å². The zero-order valence-corrected chi connectivity index (χ0v) is 10.3. The number of carbonyl (C=O) groups is 1. The van der Waals surface area contributed by atoms with Crippen LogP contribution < -0.4 is 0 Å². The van der Waals surface area contributed by atoms with E-state index in [2.05, 4.69) is 19.1 Å². The van der Waals surface area contributed by atoms with E-state index < -0.39 is 0 Å². The SMILES string of the molecule is CCc1ccc(CC(=O)COC(C)C)cc1. The van der Waals surface area contributed by atoms with Crippen LogP contribution in [0.4, 0.5) is 0 Å². The first kappa shape index (κ1) is 12.9. The molecule has 1 rings (SSSR count). The predicted octanol–water partition coefficient (Wildman–Crippen LogP) is 2.79. The summed E-state index contributed by atoms with van der Waals surface area (Å²) in [6.45, 7) is 6.20. The maximum atomic E-state index is 11.5. The average Bonchev–Trinajstić information content (AvgIpc) is 2.27. The van der Waals surface area contributed by atoms with E-state index in [0.29, 0.717) is 6.42 Å². The first-order valence-corrected chi connectivity index (χ1v) is 5.83. The Morgan fingerprint density at radius 1 is 1.19 bits per heavy atom. The van der Waals surface area contributed by atoms with Gasteiger partial charge in [-0.3, -0.25) is 4.79 Å². The van der Waals surface area contributed by atoms with Crippen molar-refractivity contribution >= 4 is 5.78 Å². The van der Waals surface area contributed by atoms with Crippen molar-refractivity contribution < 1.29 is 9.53 Å². The molecular weight excluding hydrogens is 200 g/mol. The van der Waals surface area contributed by atoms with Crippen molar-refractivity contribution in [2.75, 3.05) is 6.61 Å². The molecule has 0 saturated carbocycles. The number of Topliss-reactive ketones (excluding diaryl/α,β-unsaturated/α-hetero) is 1. The molecule has 0 unspecified atom stereocenters. The van der Waals surface area contributed by atoms with Gasteiger partial charge in [0.1, 0.15) is 6.61 Å². The second kappa shape index (κ2) is 6.44. The van der Waals surface area contributed by atoms with Crippen LogP contribution in [-0.4, -0.2) is 18.5 Å². The fourth-order valence-corrected chi connectivity index (χ4v) is 1.43. The van der Waals surface area contributed by atoms with Crippen LogP contribution >= 0.6 is 0 Å². The molecule has 0 fully saturated rings. The van der Waals surface area contributed by atoms with E-state index >= 15 is 0 Å². The van der Waals surface area contributed by atoms with E-state index in [1.807, 2.05) is 26.0 Å². The van der Waals surface area contributed by atoms with Crippen molar-refractivity contribution in [2.24, 2.45) is 0 Å². The number of benzene rings is 1. The van der Waals surface area contributed by atoms with Gasteiger partial charge in [0.2, 0.25) is 0 Å². The van der Waals surface area contributed by atoms with Crippen LogP contribution in [0.3, 0.4) is 0 Å². The first-order chi connectivity index (χ1) is 7.61. The van der Waals surface area contributed by atoms with Crippen LogP contribution in [0.5, 0.6) is 0 Å². The van der Waals surface area contributed by atoms with Crippen molar-refractivity contribution in [3.63, 3.8) is 0 Å². The van der Waals surface area contributed by atoms with E-state index in [-0.39, 0.29) is 18.5 Å². The van der Waals surface area contributed by atoms with Crippen LogP contribution in [0.25, 0.3) is 0 Å². The molecule has 1 aromatic rings. The van der Waals surface area contributed by atoms with Crippen molar-refractivity contribution in [1.29, 1.82) is 0 Å². The lowest BCUT2D eigenvalue weighted by molar-refractivity contribution is -0.124. The van der Waals surface area contributed by atoms with Gasteiger partial charge in [0.15, 0.2) is 5.78 Å². The quantitative estimate of drug-likeness (QED) is 0.737. The molecule has 0 aliphatic heterocycles. The van der Waals surface area contributed by atoms with E-state index in [1.54, 1.807) is 0 Å². The molecule has 0 atom stereocenters. The molecule has 0 aromatic heterocycles. The zero-order chi connectivity index (χ0) is 12.0. The number of hydrogen-bond donors (Lipinski definition) is 0. The van der Waals surface area contributed by atoms with Crippen LogP contribution in [-0.2, 0) is 22.4 Å². The number of aryl methyl sites for hydroxylation is 1. The summed E-state index contributed by atoms with van der Waals surface area (Å²) in [5.41, 5.74) is 2.36. The molecule has 0 aliphatic rings. The fourth-order valence-electron chi connectivity index (χ4n) is 1.43. The van der Waals surface area contributed by atoms with Gasteiger partial charge in [-0.1, -0.05) is 31.2 Å². The Morgan fingerprint density at radius 3 is 2.25 bits per heavy atom. The summed E-state index contributed by atoms with van der Waals surface area (Å²) in [5, 5.41) is 0. The third-order valence-electron chi connectivity index (χ3n) is 2.41. The van der Waals surface area contributed by atoms with Crippen molar-refractivity contribution in [2.45, 2.75) is 39.7 Å². The van der Waals surface area contributed by atoms with Gasteiger partial charge in [-0.05, 0) is 31.4 Å². The Bertz CT molecular complexity index is 325. The van der Waals surface area contributed by atoms with Crippen LogP contribution in [0, 0.1) is 0 Å². The minimum absolute atomic E-state index is 0.117. The summed E-state index contributed by atoms with van der Waals surface area (Å²) < 4.78 is 5.27. The standard InChI is InChI=1S/C14H20O2/c1-4-12-5-7-13(8-6-12)9-14(15)10-16-11(2)3/h5-8,11H,4,9-10H2,1-3H3. The predicted molar refractivity (Wildman–Crippen MR) is 65.6 cm³/mol. The highest BCUT2D eigenvalue weighted by atomic mass is 16.5. The molecule has 0 heterocycles. The zero-order valence-electron chi connectivity index (χ0n) is 10.3. The number of hydrogen-bond acceptors (Lipinski definition) is 2. The fraction of sp³-hybridized carbons (Fsp3) is 0.500. The Kier molecular flexibility index (Phi) is 5.20. The van der Waals surface area contributed by atoms with E-state index in [4.69, 9.17) is 4.74 Å². The van der Waals surface area contributed by atoms with E-state index in [9.17, 15) is 4.79 Å². The lowest BCUT2D eigenvalue weighted by Gasteiger charge is -2.06. The lowest BCUT2D eigenvalue weighted by atomic mass is 10.1. The number of ether oxygens (including phenoxy) is 1. The number of carbonyl (C=O) groups excluding carboxylic acids is 1. The summed E-state index contributed by atoms with van der Waals surface area (Å²) in [5.74, 6) is 0.137. The van der Waals surface area contributed by atoms with Crippen LogP contribution in [0.2, 0.25) is 0 Å². The van der Waals surface area contributed by atoms with Gasteiger partial charge in [0.05, 0.1) is 6.10 Å². The molecule has 2 heteroatoms. The smallest absolute Gasteiger partial charge is 0.162 e. The Balaban J connectivity index is 2.43. The number of ketones is 1. The molecule has 0 aliphatic carbocycles. The molecule has 0 N–H and O–H groups in total. The molecule has 88 valence electrons. The summed E-state index contributed by atoms with van der Waals surface area (Å²) in [6, 6.07) is 8.19. The van der Waals surface area contributed by atoms with Gasteiger partial charge >= 0.3 is 0 Å². The van der Waals surface area contributed by atoms with E-state index in [0.717, 1.165) is 12.0 Å². The molecule has 0 spiro atoms. The Hall–Kier alpha value is -1.15. The third kappa shape index (κ3) is 4.58. The molecule has 0 amide bonds. The molecule has 1 aromatic carbocycles. The maximum Gasteiger partial charge on any atom is 0.162 e. The molecular formula is C14H20O2. The second-order valence-electron chi connectivity index (χ2n) is 4.25. The highest BCUT2D eigenvalue weighted by Crippen LogP contribution is 2.06. The largest absolute Gasteiger partial charge is 0.371 e. The van der Waals surface area contributed by atoms with E-state index in [1.165, 1.54) is 5.56 Å². The van der Waals surface area contributed by atoms with Crippen LogP contribution in [0.1, 0.15) is 31.9 Å². The second-order valence-corrected chi connectivity index (χ2v) is 4.25. The normalized spacial score (nSPS) is 10.8. The number of rotatable bonds is 6. The van der Waals surface area contributed by atoms with Crippen molar-refractivity contribution in [3.05, 3.63) is 35.4 Å². The van der Waals surface area contributed by atoms with Gasteiger partial charge in [-0.15, -0.1) is 0 Å². The van der Waals surface area contributed by atoms with Gasteiger partial charge in [0.25, 0.3) is 0 Å². The Morgan fingerprint density at radius 2 is 1.75 bits per heavy atom.